The van der Waals surface area contributed by atoms with Crippen LogP contribution in [0.25, 0.3) is 0 Å². The van der Waals surface area contributed by atoms with Crippen LogP contribution in [0, 0.1) is 13.7 Å². The van der Waals surface area contributed by atoms with Gasteiger partial charge in [-0.15, -0.1) is 0 Å². The van der Waals surface area contributed by atoms with E-state index in [0.29, 0.717) is 6.07 Å². The van der Waals surface area contributed by atoms with Crippen molar-refractivity contribution < 1.29 is 22.9 Å². The van der Waals surface area contributed by atoms with E-state index < -0.39 is 28.0 Å². The first-order valence-corrected chi connectivity index (χ1v) is 4.98. The monoisotopic (exact) mass is 358 g/mol. The molecule has 0 spiro atoms. The van der Waals surface area contributed by atoms with Crippen LogP contribution in [0.3, 0.4) is 0 Å². The van der Waals surface area contributed by atoms with Crippen LogP contribution in [-0.4, -0.2) is 11.0 Å². The summed E-state index contributed by atoms with van der Waals surface area (Å²) in [6.07, 6.45) is -3.85. The third kappa shape index (κ3) is 3.01. The Morgan fingerprint density at radius 2 is 2.00 bits per heavy atom. The highest BCUT2D eigenvalue weighted by Crippen LogP contribution is 2.41. The summed E-state index contributed by atoms with van der Waals surface area (Å²) in [5.74, 6) is 0. The minimum Gasteiger partial charge on any atom is -0.258 e. The molecular formula is C8H2F3IN2O3. The number of alkyl halides is 3. The van der Waals surface area contributed by atoms with Crippen LogP contribution in [0.5, 0.6) is 0 Å². The van der Waals surface area contributed by atoms with Gasteiger partial charge in [0.05, 0.1) is 10.5 Å². The van der Waals surface area contributed by atoms with Crippen LogP contribution >= 0.6 is 22.6 Å². The van der Waals surface area contributed by atoms with Crippen molar-refractivity contribution in [3.63, 3.8) is 0 Å². The molecule has 0 radical (unpaired) electrons. The van der Waals surface area contributed by atoms with Crippen molar-refractivity contribution in [1.82, 2.24) is 0 Å². The second-order valence-corrected chi connectivity index (χ2v) is 3.94. The quantitative estimate of drug-likeness (QED) is 0.268. The van der Waals surface area contributed by atoms with E-state index >= 15 is 0 Å². The minimum atomic E-state index is -4.83. The lowest BCUT2D eigenvalue weighted by Crippen LogP contribution is -2.07. The Balaban J connectivity index is 3.62. The first-order valence-electron chi connectivity index (χ1n) is 3.90. The molecule has 9 heteroatoms. The summed E-state index contributed by atoms with van der Waals surface area (Å²) in [6.45, 7) is 0. The number of non-ortho nitro benzene ring substituents is 1. The fourth-order valence-electron chi connectivity index (χ4n) is 1.07. The van der Waals surface area contributed by atoms with Gasteiger partial charge in [-0.3, -0.25) is 10.1 Å². The first-order chi connectivity index (χ1) is 7.77. The summed E-state index contributed by atoms with van der Waals surface area (Å²) in [5.41, 5.74) is -2.72. The van der Waals surface area contributed by atoms with Crippen LogP contribution in [0.2, 0.25) is 0 Å². The number of carbonyl (C=O) groups excluding carboxylic acids is 1. The summed E-state index contributed by atoms with van der Waals surface area (Å²) in [6, 6.07) is 1.23. The number of nitro benzene ring substituents is 1. The van der Waals surface area contributed by atoms with Crippen molar-refractivity contribution in [3.8, 4) is 0 Å². The van der Waals surface area contributed by atoms with E-state index in [-0.39, 0.29) is 3.57 Å². The average molecular weight is 358 g/mol. The van der Waals surface area contributed by atoms with Crippen molar-refractivity contribution in [2.75, 3.05) is 0 Å². The maximum Gasteiger partial charge on any atom is 0.418 e. The van der Waals surface area contributed by atoms with Gasteiger partial charge in [0, 0.05) is 15.7 Å². The van der Waals surface area contributed by atoms with Gasteiger partial charge in [-0.05, 0) is 22.6 Å². The minimum absolute atomic E-state index is 0.146. The van der Waals surface area contributed by atoms with Crippen molar-refractivity contribution >= 4 is 40.0 Å². The zero-order chi connectivity index (χ0) is 13.2. The van der Waals surface area contributed by atoms with E-state index in [1.165, 1.54) is 22.6 Å². The fraction of sp³-hybridized carbons (Fsp3) is 0.125. The molecule has 0 bridgehead atoms. The highest BCUT2D eigenvalue weighted by atomic mass is 127. The molecule has 0 unspecified atom stereocenters. The molecule has 0 atom stereocenters. The second kappa shape index (κ2) is 4.80. The Morgan fingerprint density at radius 1 is 1.41 bits per heavy atom. The Bertz CT molecular complexity index is 523. The standard InChI is InChI=1S/C8H2F3IN2O3/c9-8(10,11)5-1-4(14(16)17)2-6(12)7(5)13-3-15/h1-2H. The highest BCUT2D eigenvalue weighted by molar-refractivity contribution is 14.1. The molecule has 1 aromatic carbocycles. The number of benzene rings is 1. The second-order valence-electron chi connectivity index (χ2n) is 2.78. The summed E-state index contributed by atoms with van der Waals surface area (Å²) < 4.78 is 37.6. The number of hydrogen-bond acceptors (Lipinski definition) is 4. The molecule has 1 aromatic rings. The van der Waals surface area contributed by atoms with Gasteiger partial charge in [0.15, 0.2) is 0 Å². The summed E-state index contributed by atoms with van der Waals surface area (Å²) >= 11 is 1.43. The average Bonchev–Trinajstić information content (AvgIpc) is 2.18. The summed E-state index contributed by atoms with van der Waals surface area (Å²) in [4.78, 5) is 22.4. The number of nitrogens with zero attached hydrogens (tertiary/aromatic N) is 2. The number of halogens is 4. The molecule has 0 saturated carbocycles. The number of hydrogen-bond donors (Lipinski definition) is 0. The van der Waals surface area contributed by atoms with Crippen LogP contribution in [0.1, 0.15) is 5.56 Å². The Labute approximate surface area is 106 Å². The number of aliphatic imine (C=N–C) groups is 1. The molecule has 0 saturated heterocycles. The molecule has 1 rings (SSSR count). The SMILES string of the molecule is O=C=Nc1c(I)cc([N+](=O)[O-])cc1C(F)(F)F. The molecule has 0 fully saturated rings. The smallest absolute Gasteiger partial charge is 0.258 e. The number of isocyanates is 1. The Kier molecular flexibility index (Phi) is 3.83. The molecule has 0 aromatic heterocycles. The fourth-order valence-corrected chi connectivity index (χ4v) is 1.80. The molecule has 0 heterocycles. The molecule has 90 valence electrons. The normalized spacial score (nSPS) is 10.8. The molecule has 0 amide bonds. The Hall–Kier alpha value is -1.48. The van der Waals surface area contributed by atoms with E-state index in [4.69, 9.17) is 0 Å². The van der Waals surface area contributed by atoms with Crippen LogP contribution in [0.15, 0.2) is 17.1 Å². The molecule has 0 aliphatic carbocycles. The summed E-state index contributed by atoms with van der Waals surface area (Å²) in [7, 11) is 0. The lowest BCUT2D eigenvalue weighted by Gasteiger charge is -2.09. The van der Waals surface area contributed by atoms with Gasteiger partial charge in [-0.1, -0.05) is 0 Å². The van der Waals surface area contributed by atoms with Gasteiger partial charge < -0.3 is 0 Å². The largest absolute Gasteiger partial charge is 0.418 e. The number of nitro groups is 1. The van der Waals surface area contributed by atoms with E-state index in [9.17, 15) is 28.1 Å². The van der Waals surface area contributed by atoms with E-state index in [1.54, 1.807) is 0 Å². The molecule has 0 aliphatic rings. The van der Waals surface area contributed by atoms with Gasteiger partial charge in [0.2, 0.25) is 6.08 Å². The third-order valence-corrected chi connectivity index (χ3v) is 2.54. The van der Waals surface area contributed by atoms with Crippen LogP contribution < -0.4 is 0 Å². The van der Waals surface area contributed by atoms with E-state index in [2.05, 4.69) is 4.99 Å². The molecule has 0 aliphatic heterocycles. The van der Waals surface area contributed by atoms with Gasteiger partial charge in [0.25, 0.3) is 5.69 Å². The predicted molar refractivity (Wildman–Crippen MR) is 58.6 cm³/mol. The molecule has 5 nitrogen and oxygen atoms in total. The van der Waals surface area contributed by atoms with Crippen LogP contribution in [0.4, 0.5) is 24.5 Å². The van der Waals surface area contributed by atoms with Crippen molar-refractivity contribution in [1.29, 1.82) is 0 Å². The zero-order valence-electron chi connectivity index (χ0n) is 7.79. The van der Waals surface area contributed by atoms with Crippen LogP contribution in [-0.2, 0) is 11.0 Å². The zero-order valence-corrected chi connectivity index (χ0v) is 9.94. The topological polar surface area (TPSA) is 72.6 Å². The van der Waals surface area contributed by atoms with E-state index in [1.807, 2.05) is 0 Å². The number of rotatable bonds is 2. The lowest BCUT2D eigenvalue weighted by atomic mass is 10.1. The lowest BCUT2D eigenvalue weighted by molar-refractivity contribution is -0.385. The molecule has 17 heavy (non-hydrogen) atoms. The predicted octanol–water partition coefficient (Wildman–Crippen LogP) is 3.19. The maximum absolute atomic E-state index is 12.6. The van der Waals surface area contributed by atoms with Gasteiger partial charge >= 0.3 is 6.18 Å². The van der Waals surface area contributed by atoms with E-state index in [0.717, 1.165) is 12.1 Å². The molecular weight excluding hydrogens is 356 g/mol. The van der Waals surface area contributed by atoms with Crippen molar-refractivity contribution in [2.45, 2.75) is 6.18 Å². The first kappa shape index (κ1) is 13.6. The summed E-state index contributed by atoms with van der Waals surface area (Å²) in [5, 5.41) is 10.4. The highest BCUT2D eigenvalue weighted by Gasteiger charge is 2.36. The van der Waals surface area contributed by atoms with Crippen molar-refractivity contribution in [2.24, 2.45) is 4.99 Å². The van der Waals surface area contributed by atoms with Crippen molar-refractivity contribution in [3.05, 3.63) is 31.4 Å². The van der Waals surface area contributed by atoms with Gasteiger partial charge in [0.1, 0.15) is 5.69 Å². The van der Waals surface area contributed by atoms with Gasteiger partial charge in [-0.2, -0.15) is 18.2 Å². The maximum atomic E-state index is 12.6. The Morgan fingerprint density at radius 3 is 2.41 bits per heavy atom. The van der Waals surface area contributed by atoms with Gasteiger partial charge in [-0.25, -0.2) is 4.79 Å². The molecule has 0 N–H and O–H groups in total. The third-order valence-electron chi connectivity index (χ3n) is 1.72.